The molecule has 0 saturated carbocycles. The van der Waals surface area contributed by atoms with E-state index in [0.29, 0.717) is 29.2 Å². The molecule has 0 atom stereocenters. The SMILES string of the molecule is NC(=S)c1ccc(CN2CCS(=O)CC2)c(F)c1. The number of halogens is 1. The van der Waals surface area contributed by atoms with E-state index in [2.05, 4.69) is 4.90 Å². The van der Waals surface area contributed by atoms with Crippen molar-refractivity contribution >= 4 is 28.0 Å². The van der Waals surface area contributed by atoms with Crippen LogP contribution in [0.25, 0.3) is 0 Å². The Bertz CT molecular complexity index is 483. The minimum atomic E-state index is -0.703. The number of nitrogens with two attached hydrogens (primary N) is 1. The lowest BCUT2D eigenvalue weighted by atomic mass is 10.1. The molecule has 0 bridgehead atoms. The van der Waals surface area contributed by atoms with Gasteiger partial charge in [-0.1, -0.05) is 24.4 Å². The Kier molecular flexibility index (Phi) is 4.42. The maximum absolute atomic E-state index is 13.8. The highest BCUT2D eigenvalue weighted by atomic mass is 32.2. The molecule has 1 aliphatic rings. The van der Waals surface area contributed by atoms with Crippen LogP contribution in [-0.2, 0) is 17.3 Å². The van der Waals surface area contributed by atoms with E-state index in [1.165, 1.54) is 6.07 Å². The molecule has 0 unspecified atom stereocenters. The Morgan fingerprint density at radius 3 is 2.67 bits per heavy atom. The van der Waals surface area contributed by atoms with E-state index in [0.717, 1.165) is 13.1 Å². The summed E-state index contributed by atoms with van der Waals surface area (Å²) in [6.07, 6.45) is 0. The number of nitrogens with zero attached hydrogens (tertiary/aromatic N) is 1. The summed E-state index contributed by atoms with van der Waals surface area (Å²) in [6.45, 7) is 2.05. The van der Waals surface area contributed by atoms with Crippen molar-refractivity contribution in [2.75, 3.05) is 24.6 Å². The summed E-state index contributed by atoms with van der Waals surface area (Å²) < 4.78 is 25.1. The van der Waals surface area contributed by atoms with Crippen molar-refractivity contribution in [3.63, 3.8) is 0 Å². The Morgan fingerprint density at radius 1 is 1.44 bits per heavy atom. The fourth-order valence-corrected chi connectivity index (χ4v) is 3.16. The van der Waals surface area contributed by atoms with Crippen LogP contribution in [0.15, 0.2) is 18.2 Å². The predicted octanol–water partition coefficient (Wildman–Crippen LogP) is 1.02. The van der Waals surface area contributed by atoms with Gasteiger partial charge in [0.2, 0.25) is 0 Å². The quantitative estimate of drug-likeness (QED) is 0.843. The summed E-state index contributed by atoms with van der Waals surface area (Å²) in [6, 6.07) is 4.83. The first-order chi connectivity index (χ1) is 8.56. The Labute approximate surface area is 114 Å². The first kappa shape index (κ1) is 13.6. The summed E-state index contributed by atoms with van der Waals surface area (Å²) in [5, 5.41) is 0. The Hall–Kier alpha value is -0.850. The summed E-state index contributed by atoms with van der Waals surface area (Å²) in [4.78, 5) is 2.31. The normalized spacial score (nSPS) is 17.8. The second-order valence-corrected chi connectivity index (χ2v) is 6.43. The van der Waals surface area contributed by atoms with Crippen molar-refractivity contribution in [1.29, 1.82) is 0 Å². The molecule has 0 aromatic heterocycles. The molecule has 2 rings (SSSR count). The molecule has 0 aliphatic carbocycles. The third kappa shape index (κ3) is 3.34. The fourth-order valence-electron chi connectivity index (χ4n) is 1.90. The van der Waals surface area contributed by atoms with Gasteiger partial charge in [0.15, 0.2) is 0 Å². The van der Waals surface area contributed by atoms with Crippen LogP contribution in [0.1, 0.15) is 11.1 Å². The smallest absolute Gasteiger partial charge is 0.128 e. The van der Waals surface area contributed by atoms with Gasteiger partial charge in [-0.05, 0) is 6.07 Å². The van der Waals surface area contributed by atoms with Gasteiger partial charge >= 0.3 is 0 Å². The standard InChI is InChI=1S/C12H15FN2OS2/c13-11-7-9(12(14)17)1-2-10(11)8-15-3-5-18(16)6-4-15/h1-2,7H,3-6,8H2,(H2,14,17). The molecule has 6 heteroatoms. The number of hydrogen-bond donors (Lipinski definition) is 1. The zero-order chi connectivity index (χ0) is 13.1. The van der Waals surface area contributed by atoms with Crippen molar-refractivity contribution < 1.29 is 8.60 Å². The second-order valence-electron chi connectivity index (χ2n) is 4.29. The molecule has 1 heterocycles. The molecule has 0 amide bonds. The highest BCUT2D eigenvalue weighted by molar-refractivity contribution is 7.85. The van der Waals surface area contributed by atoms with Crippen LogP contribution in [0, 0.1) is 5.82 Å². The van der Waals surface area contributed by atoms with Crippen LogP contribution in [0.4, 0.5) is 4.39 Å². The van der Waals surface area contributed by atoms with Gasteiger partial charge in [0, 0.05) is 53.1 Å². The molecular weight excluding hydrogens is 271 g/mol. The summed E-state index contributed by atoms with van der Waals surface area (Å²) >= 11 is 4.81. The zero-order valence-corrected chi connectivity index (χ0v) is 11.5. The lowest BCUT2D eigenvalue weighted by Gasteiger charge is -2.26. The van der Waals surface area contributed by atoms with Crippen molar-refractivity contribution in [3.05, 3.63) is 35.1 Å². The predicted molar refractivity (Wildman–Crippen MR) is 75.4 cm³/mol. The second kappa shape index (κ2) is 5.86. The van der Waals surface area contributed by atoms with E-state index >= 15 is 0 Å². The third-order valence-corrected chi connectivity index (χ3v) is 4.51. The summed E-state index contributed by atoms with van der Waals surface area (Å²) in [5.74, 6) is 1.06. The monoisotopic (exact) mass is 286 g/mol. The van der Waals surface area contributed by atoms with Crippen LogP contribution in [0.2, 0.25) is 0 Å². The largest absolute Gasteiger partial charge is 0.389 e. The van der Waals surface area contributed by atoms with E-state index in [-0.39, 0.29) is 10.8 Å². The van der Waals surface area contributed by atoms with Crippen molar-refractivity contribution in [2.45, 2.75) is 6.54 Å². The van der Waals surface area contributed by atoms with Gasteiger partial charge in [-0.15, -0.1) is 0 Å². The number of hydrogen-bond acceptors (Lipinski definition) is 3. The zero-order valence-electron chi connectivity index (χ0n) is 9.89. The number of thiocarbonyl (C=S) groups is 1. The van der Waals surface area contributed by atoms with E-state index in [1.807, 2.05) is 0 Å². The number of rotatable bonds is 3. The molecule has 0 spiro atoms. The topological polar surface area (TPSA) is 46.3 Å². The third-order valence-electron chi connectivity index (χ3n) is 3.00. The molecule has 1 aliphatic heterocycles. The van der Waals surface area contributed by atoms with Crippen molar-refractivity contribution in [3.8, 4) is 0 Å². The Morgan fingerprint density at radius 2 is 2.11 bits per heavy atom. The molecule has 18 heavy (non-hydrogen) atoms. The molecule has 1 aromatic rings. The van der Waals surface area contributed by atoms with Gasteiger partial charge in [-0.2, -0.15) is 0 Å². The average Bonchev–Trinajstić information content (AvgIpc) is 2.34. The molecule has 0 radical (unpaired) electrons. The molecule has 2 N–H and O–H groups in total. The Balaban J connectivity index is 2.05. The van der Waals surface area contributed by atoms with Crippen LogP contribution < -0.4 is 5.73 Å². The first-order valence-corrected chi connectivity index (χ1v) is 7.61. The fraction of sp³-hybridized carbons (Fsp3) is 0.417. The van der Waals surface area contributed by atoms with Gasteiger partial charge in [0.25, 0.3) is 0 Å². The van der Waals surface area contributed by atoms with E-state index < -0.39 is 10.8 Å². The summed E-state index contributed by atoms with van der Waals surface area (Å²) in [5.41, 5.74) is 6.63. The van der Waals surface area contributed by atoms with Crippen LogP contribution in [0.3, 0.4) is 0 Å². The van der Waals surface area contributed by atoms with Gasteiger partial charge in [-0.3, -0.25) is 9.11 Å². The van der Waals surface area contributed by atoms with E-state index in [4.69, 9.17) is 18.0 Å². The maximum Gasteiger partial charge on any atom is 0.128 e. The van der Waals surface area contributed by atoms with Gasteiger partial charge < -0.3 is 5.73 Å². The van der Waals surface area contributed by atoms with E-state index in [1.54, 1.807) is 12.1 Å². The molecule has 1 fully saturated rings. The van der Waals surface area contributed by atoms with Crippen LogP contribution >= 0.6 is 12.2 Å². The molecule has 1 saturated heterocycles. The van der Waals surface area contributed by atoms with Crippen molar-refractivity contribution in [2.24, 2.45) is 5.73 Å². The van der Waals surface area contributed by atoms with Gasteiger partial charge in [0.1, 0.15) is 10.8 Å². The van der Waals surface area contributed by atoms with Crippen LogP contribution in [-0.4, -0.2) is 38.7 Å². The first-order valence-electron chi connectivity index (χ1n) is 5.72. The molecular formula is C12H15FN2OS2. The molecule has 3 nitrogen and oxygen atoms in total. The van der Waals surface area contributed by atoms with Gasteiger partial charge in [-0.25, -0.2) is 4.39 Å². The van der Waals surface area contributed by atoms with Gasteiger partial charge in [0.05, 0.1) is 0 Å². The summed E-state index contributed by atoms with van der Waals surface area (Å²) in [7, 11) is -0.703. The lowest BCUT2D eigenvalue weighted by Crippen LogP contribution is -2.37. The van der Waals surface area contributed by atoms with Crippen LogP contribution in [0.5, 0.6) is 0 Å². The minimum absolute atomic E-state index is 0.203. The molecule has 1 aromatic carbocycles. The average molecular weight is 286 g/mol. The molecule has 98 valence electrons. The lowest BCUT2D eigenvalue weighted by molar-refractivity contribution is 0.287. The minimum Gasteiger partial charge on any atom is -0.389 e. The highest BCUT2D eigenvalue weighted by Gasteiger charge is 2.16. The maximum atomic E-state index is 13.8. The number of benzene rings is 1. The van der Waals surface area contributed by atoms with Crippen molar-refractivity contribution in [1.82, 2.24) is 4.90 Å². The highest BCUT2D eigenvalue weighted by Crippen LogP contribution is 2.14. The van der Waals surface area contributed by atoms with E-state index in [9.17, 15) is 8.60 Å².